The van der Waals surface area contributed by atoms with Gasteiger partial charge in [0.15, 0.2) is 0 Å². The van der Waals surface area contributed by atoms with Crippen molar-refractivity contribution >= 4 is 5.91 Å². The van der Waals surface area contributed by atoms with Gasteiger partial charge < -0.3 is 15.1 Å². The molecule has 18 heavy (non-hydrogen) atoms. The average molecular weight is 251 g/mol. The summed E-state index contributed by atoms with van der Waals surface area (Å²) in [7, 11) is 0. The van der Waals surface area contributed by atoms with Gasteiger partial charge in [0.1, 0.15) is 5.76 Å². The maximum atomic E-state index is 12.3. The highest BCUT2D eigenvalue weighted by Crippen LogP contribution is 2.31. The van der Waals surface area contributed by atoms with E-state index in [2.05, 4.69) is 22.5 Å². The zero-order chi connectivity index (χ0) is 13.0. The van der Waals surface area contributed by atoms with Crippen molar-refractivity contribution in [2.45, 2.75) is 39.7 Å². The first-order chi connectivity index (χ1) is 8.66. The van der Waals surface area contributed by atoms with Crippen LogP contribution < -0.4 is 10.6 Å². The van der Waals surface area contributed by atoms with E-state index in [1.165, 1.54) is 0 Å². The molecule has 1 amide bonds. The number of aryl methyl sites for hydroxylation is 1. The lowest BCUT2D eigenvalue weighted by atomic mass is 9.81. The second kappa shape index (κ2) is 5.52. The molecule has 0 spiro atoms. The Labute approximate surface area is 107 Å². The van der Waals surface area contributed by atoms with Gasteiger partial charge in [0.2, 0.25) is 11.8 Å². The molecule has 0 radical (unpaired) electrons. The van der Waals surface area contributed by atoms with Crippen LogP contribution in [0.1, 0.15) is 37.8 Å². The lowest BCUT2D eigenvalue weighted by molar-refractivity contribution is -0.130. The fourth-order valence-electron chi connectivity index (χ4n) is 2.57. The molecule has 1 fully saturated rings. The topological polar surface area (TPSA) is 67.2 Å². The Hall–Kier alpha value is -1.36. The van der Waals surface area contributed by atoms with E-state index in [0.717, 1.165) is 38.1 Å². The first kappa shape index (κ1) is 13.1. The van der Waals surface area contributed by atoms with E-state index in [1.54, 1.807) is 6.20 Å². The van der Waals surface area contributed by atoms with Crippen LogP contribution in [0.2, 0.25) is 0 Å². The van der Waals surface area contributed by atoms with Crippen LogP contribution in [0.4, 0.5) is 0 Å². The molecule has 100 valence electrons. The van der Waals surface area contributed by atoms with Crippen LogP contribution in [0.5, 0.6) is 0 Å². The molecule has 2 heterocycles. The maximum Gasteiger partial charge on any atom is 0.227 e. The molecule has 1 aromatic heterocycles. The van der Waals surface area contributed by atoms with Crippen LogP contribution in [0.3, 0.4) is 0 Å². The van der Waals surface area contributed by atoms with Crippen molar-refractivity contribution in [1.82, 2.24) is 15.6 Å². The Morgan fingerprint density at radius 1 is 1.67 bits per heavy atom. The standard InChI is InChI=1S/C13H21N3O2/c1-3-4-13(5-6-14-9-13)12(17)16-8-11-15-7-10(2)18-11/h7,14H,3-6,8-9H2,1-2H3,(H,16,17). The van der Waals surface area contributed by atoms with Crippen LogP contribution >= 0.6 is 0 Å². The fraction of sp³-hybridized carbons (Fsp3) is 0.692. The second-order valence-corrected chi connectivity index (χ2v) is 5.00. The van der Waals surface area contributed by atoms with Crippen molar-refractivity contribution in [2.75, 3.05) is 13.1 Å². The quantitative estimate of drug-likeness (QED) is 0.829. The average Bonchev–Trinajstić information content (AvgIpc) is 2.97. The minimum atomic E-state index is -0.240. The molecule has 0 aliphatic carbocycles. The van der Waals surface area contributed by atoms with E-state index in [-0.39, 0.29) is 11.3 Å². The van der Waals surface area contributed by atoms with Crippen LogP contribution in [-0.4, -0.2) is 24.0 Å². The highest BCUT2D eigenvalue weighted by atomic mass is 16.4. The summed E-state index contributed by atoms with van der Waals surface area (Å²) >= 11 is 0. The van der Waals surface area contributed by atoms with Gasteiger partial charge in [-0.3, -0.25) is 4.79 Å². The minimum absolute atomic E-state index is 0.116. The van der Waals surface area contributed by atoms with Crippen molar-refractivity contribution in [3.05, 3.63) is 17.8 Å². The lowest BCUT2D eigenvalue weighted by Crippen LogP contribution is -2.42. The largest absolute Gasteiger partial charge is 0.444 e. The summed E-state index contributed by atoms with van der Waals surface area (Å²) in [4.78, 5) is 16.4. The van der Waals surface area contributed by atoms with E-state index in [0.29, 0.717) is 12.4 Å². The first-order valence-electron chi connectivity index (χ1n) is 6.56. The SMILES string of the molecule is CCCC1(C(=O)NCc2ncc(C)o2)CCNC1. The molecule has 1 aromatic rings. The molecule has 2 rings (SSSR count). The first-order valence-corrected chi connectivity index (χ1v) is 6.56. The van der Waals surface area contributed by atoms with Crippen LogP contribution in [0.25, 0.3) is 0 Å². The molecule has 1 atom stereocenters. The van der Waals surface area contributed by atoms with Gasteiger partial charge >= 0.3 is 0 Å². The predicted octanol–water partition coefficient (Wildman–Crippen LogP) is 1.38. The Morgan fingerprint density at radius 3 is 3.06 bits per heavy atom. The normalized spacial score (nSPS) is 23.2. The molecular weight excluding hydrogens is 230 g/mol. The highest BCUT2D eigenvalue weighted by Gasteiger charge is 2.40. The number of rotatable bonds is 5. The van der Waals surface area contributed by atoms with Gasteiger partial charge in [0.05, 0.1) is 18.2 Å². The smallest absolute Gasteiger partial charge is 0.227 e. The molecule has 1 aliphatic rings. The summed E-state index contributed by atoms with van der Waals surface area (Å²) in [6.45, 7) is 6.03. The monoisotopic (exact) mass is 251 g/mol. The van der Waals surface area contributed by atoms with Crippen molar-refractivity contribution in [1.29, 1.82) is 0 Å². The van der Waals surface area contributed by atoms with E-state index in [1.807, 2.05) is 6.92 Å². The van der Waals surface area contributed by atoms with Gasteiger partial charge in [-0.15, -0.1) is 0 Å². The summed E-state index contributed by atoms with van der Waals surface area (Å²) < 4.78 is 5.35. The zero-order valence-electron chi connectivity index (χ0n) is 11.1. The number of nitrogens with one attached hydrogen (secondary N) is 2. The van der Waals surface area contributed by atoms with Crippen molar-refractivity contribution < 1.29 is 9.21 Å². The van der Waals surface area contributed by atoms with Gasteiger partial charge in [-0.2, -0.15) is 0 Å². The van der Waals surface area contributed by atoms with E-state index in [9.17, 15) is 4.79 Å². The van der Waals surface area contributed by atoms with Crippen LogP contribution in [0, 0.1) is 12.3 Å². The molecule has 0 aromatic carbocycles. The number of hydrogen-bond donors (Lipinski definition) is 2. The summed E-state index contributed by atoms with van der Waals surface area (Å²) in [6, 6.07) is 0. The Kier molecular flexibility index (Phi) is 4.01. The van der Waals surface area contributed by atoms with Gasteiger partial charge in [-0.1, -0.05) is 13.3 Å². The zero-order valence-corrected chi connectivity index (χ0v) is 11.1. The fourth-order valence-corrected chi connectivity index (χ4v) is 2.57. The maximum absolute atomic E-state index is 12.3. The number of oxazole rings is 1. The van der Waals surface area contributed by atoms with E-state index in [4.69, 9.17) is 4.42 Å². The lowest BCUT2D eigenvalue weighted by Gasteiger charge is -2.26. The minimum Gasteiger partial charge on any atom is -0.444 e. The Bertz CT molecular complexity index is 408. The molecule has 0 bridgehead atoms. The summed E-state index contributed by atoms with van der Waals surface area (Å²) in [5, 5.41) is 6.23. The number of amides is 1. The molecule has 0 saturated carbocycles. The van der Waals surface area contributed by atoms with E-state index < -0.39 is 0 Å². The molecule has 1 unspecified atom stereocenters. The third kappa shape index (κ3) is 2.72. The number of nitrogens with zero attached hydrogens (tertiary/aromatic N) is 1. The van der Waals surface area contributed by atoms with Crippen molar-refractivity contribution in [3.8, 4) is 0 Å². The molecule has 5 nitrogen and oxygen atoms in total. The number of aromatic nitrogens is 1. The van der Waals surface area contributed by atoms with Crippen LogP contribution in [0.15, 0.2) is 10.6 Å². The molecule has 5 heteroatoms. The van der Waals surface area contributed by atoms with Gasteiger partial charge in [-0.05, 0) is 26.3 Å². The van der Waals surface area contributed by atoms with Crippen LogP contribution in [-0.2, 0) is 11.3 Å². The highest BCUT2D eigenvalue weighted by molar-refractivity contribution is 5.83. The summed E-state index contributed by atoms with van der Waals surface area (Å²) in [5.41, 5.74) is -0.240. The summed E-state index contributed by atoms with van der Waals surface area (Å²) in [6.07, 6.45) is 4.53. The van der Waals surface area contributed by atoms with Gasteiger partial charge in [-0.25, -0.2) is 4.98 Å². The van der Waals surface area contributed by atoms with Crippen molar-refractivity contribution in [2.24, 2.45) is 5.41 Å². The number of carbonyl (C=O) groups is 1. The number of carbonyl (C=O) groups excluding carboxylic acids is 1. The second-order valence-electron chi connectivity index (χ2n) is 5.00. The van der Waals surface area contributed by atoms with Gasteiger partial charge in [0, 0.05) is 6.54 Å². The van der Waals surface area contributed by atoms with Crippen molar-refractivity contribution in [3.63, 3.8) is 0 Å². The number of hydrogen-bond acceptors (Lipinski definition) is 4. The Morgan fingerprint density at radius 2 is 2.50 bits per heavy atom. The molecular formula is C13H21N3O2. The Balaban J connectivity index is 1.93. The summed E-state index contributed by atoms with van der Waals surface area (Å²) in [5.74, 6) is 1.45. The third-order valence-corrected chi connectivity index (χ3v) is 3.52. The molecule has 2 N–H and O–H groups in total. The molecule has 1 aliphatic heterocycles. The van der Waals surface area contributed by atoms with Gasteiger partial charge in [0.25, 0.3) is 0 Å². The third-order valence-electron chi connectivity index (χ3n) is 3.52. The van der Waals surface area contributed by atoms with E-state index >= 15 is 0 Å². The molecule has 1 saturated heterocycles. The predicted molar refractivity (Wildman–Crippen MR) is 67.9 cm³/mol.